The maximum atomic E-state index is 14.0. The fourth-order valence-electron chi connectivity index (χ4n) is 2.97. The quantitative estimate of drug-likeness (QED) is 0.646. The molecule has 2 aromatic rings. The summed E-state index contributed by atoms with van der Waals surface area (Å²) in [6.07, 6.45) is 0. The number of amides is 1. The van der Waals surface area contributed by atoms with Gasteiger partial charge in [-0.05, 0) is 37.3 Å². The van der Waals surface area contributed by atoms with Gasteiger partial charge in [0.15, 0.2) is 5.78 Å². The van der Waals surface area contributed by atoms with Gasteiger partial charge in [-0.15, -0.1) is 0 Å². The molecule has 0 atom stereocenters. The lowest BCUT2D eigenvalue weighted by atomic mass is 10.1. The lowest BCUT2D eigenvalue weighted by Gasteiger charge is -2.34. The Hall–Kier alpha value is -2.10. The number of hydrogen-bond donors (Lipinski definition) is 0. The van der Waals surface area contributed by atoms with E-state index in [4.69, 9.17) is 0 Å². The molecule has 148 valence electrons. The molecular formula is C19H18BrFN2O4S. The number of carbonyl (C=O) groups excluding carboxylic acids is 2. The molecule has 6 nitrogen and oxygen atoms in total. The van der Waals surface area contributed by atoms with E-state index in [1.54, 1.807) is 0 Å². The Kier molecular flexibility index (Phi) is 5.97. The normalized spacial score (nSPS) is 15.5. The Morgan fingerprint density at radius 3 is 2.18 bits per heavy atom. The van der Waals surface area contributed by atoms with Crippen LogP contribution in [0.15, 0.2) is 51.8 Å². The Bertz CT molecular complexity index is 1020. The first-order chi connectivity index (χ1) is 13.2. The highest BCUT2D eigenvalue weighted by Crippen LogP contribution is 2.21. The van der Waals surface area contributed by atoms with E-state index in [-0.39, 0.29) is 42.4 Å². The van der Waals surface area contributed by atoms with Gasteiger partial charge in [0.2, 0.25) is 10.0 Å². The van der Waals surface area contributed by atoms with Crippen LogP contribution < -0.4 is 0 Å². The van der Waals surface area contributed by atoms with Crippen LogP contribution in [-0.2, 0) is 10.0 Å². The van der Waals surface area contributed by atoms with Crippen molar-refractivity contribution in [2.24, 2.45) is 0 Å². The molecule has 3 rings (SSSR count). The van der Waals surface area contributed by atoms with Gasteiger partial charge >= 0.3 is 0 Å². The smallest absolute Gasteiger partial charge is 0.256 e. The van der Waals surface area contributed by atoms with Crippen molar-refractivity contribution in [1.29, 1.82) is 0 Å². The molecule has 28 heavy (non-hydrogen) atoms. The van der Waals surface area contributed by atoms with E-state index in [0.29, 0.717) is 10.0 Å². The first-order valence-corrected chi connectivity index (χ1v) is 10.8. The molecule has 1 aliphatic heterocycles. The van der Waals surface area contributed by atoms with Crippen molar-refractivity contribution >= 4 is 37.6 Å². The Morgan fingerprint density at radius 2 is 1.61 bits per heavy atom. The molecule has 1 amide bonds. The second-order valence-corrected chi connectivity index (χ2v) is 9.25. The van der Waals surface area contributed by atoms with Crippen molar-refractivity contribution in [2.75, 3.05) is 26.2 Å². The molecule has 0 N–H and O–H groups in total. The van der Waals surface area contributed by atoms with Gasteiger partial charge in [0, 0.05) is 36.2 Å². The van der Waals surface area contributed by atoms with E-state index in [2.05, 4.69) is 15.9 Å². The highest BCUT2D eigenvalue weighted by atomic mass is 79.9. The largest absolute Gasteiger partial charge is 0.336 e. The number of piperazine rings is 1. The minimum absolute atomic E-state index is 0.0505. The Morgan fingerprint density at radius 1 is 1.00 bits per heavy atom. The van der Waals surface area contributed by atoms with E-state index in [9.17, 15) is 22.4 Å². The summed E-state index contributed by atoms with van der Waals surface area (Å²) in [7, 11) is -3.73. The van der Waals surface area contributed by atoms with Gasteiger partial charge < -0.3 is 4.90 Å². The van der Waals surface area contributed by atoms with Crippen LogP contribution in [0.25, 0.3) is 0 Å². The summed E-state index contributed by atoms with van der Waals surface area (Å²) in [5, 5.41) is 0. The summed E-state index contributed by atoms with van der Waals surface area (Å²) in [5.41, 5.74) is 0.385. The molecular weight excluding hydrogens is 451 g/mol. The molecule has 0 aliphatic carbocycles. The summed E-state index contributed by atoms with van der Waals surface area (Å²) in [4.78, 5) is 25.4. The van der Waals surface area contributed by atoms with Crippen LogP contribution in [0.2, 0.25) is 0 Å². The van der Waals surface area contributed by atoms with Crippen molar-refractivity contribution < 1.29 is 22.4 Å². The summed E-state index contributed by atoms with van der Waals surface area (Å²) >= 11 is 3.22. The van der Waals surface area contributed by atoms with Crippen LogP contribution in [0, 0.1) is 5.82 Å². The highest BCUT2D eigenvalue weighted by Gasteiger charge is 2.31. The fourth-order valence-corrected chi connectivity index (χ4v) is 4.76. The summed E-state index contributed by atoms with van der Waals surface area (Å²) in [5.74, 6) is -1.23. The molecule has 1 heterocycles. The number of sulfonamides is 1. The highest BCUT2D eigenvalue weighted by molar-refractivity contribution is 9.10. The summed E-state index contributed by atoms with van der Waals surface area (Å²) in [6, 6.07) is 9.89. The Balaban J connectivity index is 1.71. The topological polar surface area (TPSA) is 74.8 Å². The Labute approximate surface area is 171 Å². The molecule has 0 unspecified atom stereocenters. The standard InChI is InChI=1S/C19H18BrFN2O4S/c1-13(24)14-2-5-16(6-3-14)28(26,27)23-10-8-22(9-11-23)19(25)17-12-15(20)4-7-18(17)21/h2-7,12H,8-11H2,1H3. The second kappa shape index (κ2) is 8.10. The molecule has 0 spiro atoms. The van der Waals surface area contributed by atoms with Gasteiger partial charge in [-0.3, -0.25) is 9.59 Å². The van der Waals surface area contributed by atoms with Crippen molar-refractivity contribution in [2.45, 2.75) is 11.8 Å². The number of Topliss-reactive ketones (excluding diaryl/α,β-unsaturated/α-hetero) is 1. The molecule has 0 bridgehead atoms. The zero-order chi connectivity index (χ0) is 20.5. The third-order valence-electron chi connectivity index (χ3n) is 4.58. The van der Waals surface area contributed by atoms with E-state index in [0.717, 1.165) is 0 Å². The predicted octanol–water partition coefficient (Wildman–Crippen LogP) is 2.94. The van der Waals surface area contributed by atoms with E-state index < -0.39 is 21.7 Å². The first kappa shape index (κ1) is 20.6. The number of hydrogen-bond acceptors (Lipinski definition) is 4. The number of nitrogens with zero attached hydrogens (tertiary/aromatic N) is 2. The average Bonchev–Trinajstić information content (AvgIpc) is 2.69. The number of carbonyl (C=O) groups is 2. The van der Waals surface area contributed by atoms with Gasteiger partial charge in [0.05, 0.1) is 10.5 Å². The zero-order valence-electron chi connectivity index (χ0n) is 15.1. The van der Waals surface area contributed by atoms with E-state index in [1.807, 2.05) is 0 Å². The molecule has 9 heteroatoms. The lowest BCUT2D eigenvalue weighted by Crippen LogP contribution is -2.50. The van der Waals surface area contributed by atoms with Gasteiger partial charge in [-0.25, -0.2) is 12.8 Å². The SMILES string of the molecule is CC(=O)c1ccc(S(=O)(=O)N2CCN(C(=O)c3cc(Br)ccc3F)CC2)cc1. The predicted molar refractivity (Wildman–Crippen MR) is 105 cm³/mol. The molecule has 1 saturated heterocycles. The maximum absolute atomic E-state index is 14.0. The molecule has 1 aliphatic rings. The first-order valence-electron chi connectivity index (χ1n) is 8.55. The zero-order valence-corrected chi connectivity index (χ0v) is 17.5. The minimum Gasteiger partial charge on any atom is -0.336 e. The van der Waals surface area contributed by atoms with Gasteiger partial charge in [-0.1, -0.05) is 28.1 Å². The number of ketones is 1. The van der Waals surface area contributed by atoms with Crippen LogP contribution >= 0.6 is 15.9 Å². The van der Waals surface area contributed by atoms with Crippen molar-refractivity contribution in [3.63, 3.8) is 0 Å². The monoisotopic (exact) mass is 468 g/mol. The van der Waals surface area contributed by atoms with E-state index in [1.165, 1.54) is 58.6 Å². The van der Waals surface area contributed by atoms with Crippen LogP contribution in [-0.4, -0.2) is 55.5 Å². The summed E-state index contributed by atoms with van der Waals surface area (Å²) < 4.78 is 41.4. The lowest BCUT2D eigenvalue weighted by molar-refractivity contribution is 0.0693. The third kappa shape index (κ3) is 4.16. The number of halogens is 2. The third-order valence-corrected chi connectivity index (χ3v) is 6.99. The molecule has 0 aromatic heterocycles. The summed E-state index contributed by atoms with van der Waals surface area (Å²) in [6.45, 7) is 1.95. The average molecular weight is 469 g/mol. The molecule has 0 radical (unpaired) electrons. The van der Waals surface area contributed by atoms with Crippen LogP contribution in [0.3, 0.4) is 0 Å². The number of rotatable bonds is 4. The van der Waals surface area contributed by atoms with Gasteiger partial charge in [0.1, 0.15) is 5.82 Å². The molecule has 1 fully saturated rings. The van der Waals surface area contributed by atoms with Crippen molar-refractivity contribution in [3.8, 4) is 0 Å². The fraction of sp³-hybridized carbons (Fsp3) is 0.263. The van der Waals surface area contributed by atoms with Gasteiger partial charge in [-0.2, -0.15) is 4.31 Å². The van der Waals surface area contributed by atoms with E-state index >= 15 is 0 Å². The van der Waals surface area contributed by atoms with Crippen molar-refractivity contribution in [3.05, 3.63) is 63.9 Å². The van der Waals surface area contributed by atoms with Crippen LogP contribution in [0.4, 0.5) is 4.39 Å². The minimum atomic E-state index is -3.73. The molecule has 2 aromatic carbocycles. The van der Waals surface area contributed by atoms with Crippen LogP contribution in [0.1, 0.15) is 27.6 Å². The van der Waals surface area contributed by atoms with Gasteiger partial charge in [0.25, 0.3) is 5.91 Å². The second-order valence-electron chi connectivity index (χ2n) is 6.40. The van der Waals surface area contributed by atoms with Crippen LogP contribution in [0.5, 0.6) is 0 Å². The maximum Gasteiger partial charge on any atom is 0.256 e. The van der Waals surface area contributed by atoms with Crippen molar-refractivity contribution in [1.82, 2.24) is 9.21 Å². The molecule has 0 saturated carbocycles. The number of benzene rings is 2.